The molecule has 0 spiro atoms. The van der Waals surface area contributed by atoms with Crippen LogP contribution in [0.2, 0.25) is 0 Å². The molecule has 1 heterocycles. The molecule has 0 unspecified atom stereocenters. The Balaban J connectivity index is 2.38. The number of ether oxygens (including phenoxy) is 1. The van der Waals surface area contributed by atoms with Gasteiger partial charge in [-0.1, -0.05) is 13.8 Å². The van der Waals surface area contributed by atoms with Crippen LogP contribution in [-0.2, 0) is 17.9 Å². The fraction of sp³-hybridized carbons (Fsp3) is 0.750. The second-order valence-corrected chi connectivity index (χ2v) is 4.61. The number of aromatic nitrogens is 1. The van der Waals surface area contributed by atoms with Crippen LogP contribution in [0, 0.1) is 5.92 Å². The summed E-state index contributed by atoms with van der Waals surface area (Å²) in [5.41, 5.74) is 0.946. The van der Waals surface area contributed by atoms with Crippen LogP contribution in [0.3, 0.4) is 0 Å². The molecule has 0 atom stereocenters. The van der Waals surface area contributed by atoms with Crippen LogP contribution in [0.4, 0.5) is 0 Å². The first-order valence-electron chi connectivity index (χ1n) is 5.83. The maximum Gasteiger partial charge on any atom is 0.181 e. The highest BCUT2D eigenvalue weighted by Crippen LogP contribution is 2.09. The minimum atomic E-state index is 0.210. The van der Waals surface area contributed by atoms with Gasteiger partial charge >= 0.3 is 0 Å². The van der Waals surface area contributed by atoms with E-state index in [9.17, 15) is 0 Å². The van der Waals surface area contributed by atoms with Crippen molar-refractivity contribution in [3.63, 3.8) is 0 Å². The van der Waals surface area contributed by atoms with Crippen LogP contribution >= 0.6 is 0 Å². The van der Waals surface area contributed by atoms with Crippen molar-refractivity contribution in [1.82, 2.24) is 10.3 Å². The number of nitrogens with one attached hydrogen (secondary N) is 1. The molecule has 0 saturated heterocycles. The molecule has 1 aromatic heterocycles. The van der Waals surface area contributed by atoms with Gasteiger partial charge in [0.25, 0.3) is 0 Å². The SMILES string of the molecule is CC(C)CNCc1ncoc1COC(C)C. The van der Waals surface area contributed by atoms with Gasteiger partial charge in [-0.15, -0.1) is 0 Å². The summed E-state index contributed by atoms with van der Waals surface area (Å²) < 4.78 is 10.8. The Morgan fingerprint density at radius 2 is 2.12 bits per heavy atom. The largest absolute Gasteiger partial charge is 0.446 e. The third-order valence-corrected chi connectivity index (χ3v) is 2.12. The zero-order valence-electron chi connectivity index (χ0n) is 10.6. The van der Waals surface area contributed by atoms with Crippen LogP contribution in [0.1, 0.15) is 39.1 Å². The second-order valence-electron chi connectivity index (χ2n) is 4.61. The Morgan fingerprint density at radius 3 is 2.75 bits per heavy atom. The third-order valence-electron chi connectivity index (χ3n) is 2.12. The molecule has 1 aromatic rings. The van der Waals surface area contributed by atoms with Gasteiger partial charge in [0.05, 0.1) is 11.8 Å². The molecule has 4 nitrogen and oxygen atoms in total. The average Bonchev–Trinajstić information content (AvgIpc) is 2.62. The summed E-state index contributed by atoms with van der Waals surface area (Å²) in [5.74, 6) is 1.47. The fourth-order valence-electron chi connectivity index (χ4n) is 1.28. The van der Waals surface area contributed by atoms with E-state index in [-0.39, 0.29) is 6.10 Å². The van der Waals surface area contributed by atoms with Gasteiger partial charge in [0.1, 0.15) is 6.61 Å². The highest BCUT2D eigenvalue weighted by Gasteiger charge is 2.08. The summed E-state index contributed by atoms with van der Waals surface area (Å²) >= 11 is 0. The smallest absolute Gasteiger partial charge is 0.181 e. The van der Waals surface area contributed by atoms with Crippen LogP contribution in [0.5, 0.6) is 0 Å². The summed E-state index contributed by atoms with van der Waals surface area (Å²) in [4.78, 5) is 4.18. The van der Waals surface area contributed by atoms with Gasteiger partial charge in [-0.2, -0.15) is 0 Å². The second kappa shape index (κ2) is 6.66. The molecule has 4 heteroatoms. The summed E-state index contributed by atoms with van der Waals surface area (Å²) in [6.07, 6.45) is 1.69. The number of oxazole rings is 1. The highest BCUT2D eigenvalue weighted by molar-refractivity contribution is 5.05. The fourth-order valence-corrected chi connectivity index (χ4v) is 1.28. The van der Waals surface area contributed by atoms with E-state index in [1.807, 2.05) is 13.8 Å². The van der Waals surface area contributed by atoms with Crippen LogP contribution in [0.15, 0.2) is 10.8 Å². The van der Waals surface area contributed by atoms with Crippen molar-refractivity contribution in [3.05, 3.63) is 17.8 Å². The molecular formula is C12H22N2O2. The molecule has 0 amide bonds. The lowest BCUT2D eigenvalue weighted by molar-refractivity contribution is 0.0539. The predicted octanol–water partition coefficient (Wildman–Crippen LogP) is 2.35. The van der Waals surface area contributed by atoms with E-state index in [0.29, 0.717) is 12.5 Å². The van der Waals surface area contributed by atoms with E-state index in [4.69, 9.17) is 9.15 Å². The minimum absolute atomic E-state index is 0.210. The minimum Gasteiger partial charge on any atom is -0.446 e. The van der Waals surface area contributed by atoms with Crippen molar-refractivity contribution in [3.8, 4) is 0 Å². The van der Waals surface area contributed by atoms with Gasteiger partial charge in [-0.25, -0.2) is 4.98 Å². The lowest BCUT2D eigenvalue weighted by Gasteiger charge is -2.08. The number of hydrogen-bond acceptors (Lipinski definition) is 4. The predicted molar refractivity (Wildman–Crippen MR) is 63.0 cm³/mol. The van der Waals surface area contributed by atoms with E-state index >= 15 is 0 Å². The molecular weight excluding hydrogens is 204 g/mol. The molecule has 0 bridgehead atoms. The Bertz CT molecular complexity index is 295. The Labute approximate surface area is 97.4 Å². The first-order chi connectivity index (χ1) is 7.59. The van der Waals surface area contributed by atoms with E-state index in [0.717, 1.165) is 24.5 Å². The van der Waals surface area contributed by atoms with Gasteiger partial charge in [0, 0.05) is 6.54 Å². The number of nitrogens with zero attached hydrogens (tertiary/aromatic N) is 1. The van der Waals surface area contributed by atoms with Crippen LogP contribution < -0.4 is 5.32 Å². The summed E-state index contributed by atoms with van der Waals surface area (Å²) in [6.45, 7) is 10.6. The monoisotopic (exact) mass is 226 g/mol. The maximum atomic E-state index is 5.49. The Hall–Kier alpha value is -0.870. The average molecular weight is 226 g/mol. The lowest BCUT2D eigenvalue weighted by Crippen LogP contribution is -2.20. The normalized spacial score (nSPS) is 11.6. The van der Waals surface area contributed by atoms with Crippen molar-refractivity contribution in [2.75, 3.05) is 6.54 Å². The first kappa shape index (κ1) is 13.2. The Kier molecular flexibility index (Phi) is 5.49. The number of rotatable bonds is 7. The van der Waals surface area contributed by atoms with E-state index in [1.54, 1.807) is 0 Å². The van der Waals surface area contributed by atoms with E-state index in [1.165, 1.54) is 6.39 Å². The van der Waals surface area contributed by atoms with Crippen molar-refractivity contribution >= 4 is 0 Å². The third kappa shape index (κ3) is 4.77. The molecule has 0 aromatic carbocycles. The first-order valence-corrected chi connectivity index (χ1v) is 5.83. The molecule has 0 radical (unpaired) electrons. The molecule has 0 aliphatic rings. The standard InChI is InChI=1S/C12H22N2O2/c1-9(2)5-13-6-11-12(16-8-14-11)7-15-10(3)4/h8-10,13H,5-7H2,1-4H3. The molecule has 0 fully saturated rings. The van der Waals surface area contributed by atoms with Crippen molar-refractivity contribution in [1.29, 1.82) is 0 Å². The summed E-state index contributed by atoms with van der Waals surface area (Å²) in [7, 11) is 0. The lowest BCUT2D eigenvalue weighted by atomic mass is 10.2. The summed E-state index contributed by atoms with van der Waals surface area (Å²) in [6, 6.07) is 0. The van der Waals surface area contributed by atoms with Crippen molar-refractivity contribution in [2.24, 2.45) is 5.92 Å². The molecule has 92 valence electrons. The molecule has 0 aliphatic carbocycles. The van der Waals surface area contributed by atoms with Gasteiger partial charge < -0.3 is 14.5 Å². The summed E-state index contributed by atoms with van der Waals surface area (Å²) in [5, 5.41) is 3.34. The Morgan fingerprint density at radius 1 is 1.38 bits per heavy atom. The van der Waals surface area contributed by atoms with Gasteiger partial charge in [-0.3, -0.25) is 0 Å². The van der Waals surface area contributed by atoms with Gasteiger partial charge in [0.2, 0.25) is 0 Å². The van der Waals surface area contributed by atoms with Crippen molar-refractivity contribution < 1.29 is 9.15 Å². The van der Waals surface area contributed by atoms with Gasteiger partial charge in [0.15, 0.2) is 12.2 Å². The van der Waals surface area contributed by atoms with Crippen molar-refractivity contribution in [2.45, 2.75) is 47.0 Å². The zero-order valence-corrected chi connectivity index (χ0v) is 10.6. The maximum absolute atomic E-state index is 5.49. The zero-order chi connectivity index (χ0) is 12.0. The van der Waals surface area contributed by atoms with Gasteiger partial charge in [-0.05, 0) is 26.3 Å². The highest BCUT2D eigenvalue weighted by atomic mass is 16.5. The van der Waals surface area contributed by atoms with Crippen LogP contribution in [0.25, 0.3) is 0 Å². The molecule has 0 aliphatic heterocycles. The molecule has 16 heavy (non-hydrogen) atoms. The van der Waals surface area contributed by atoms with Crippen LogP contribution in [-0.4, -0.2) is 17.6 Å². The molecule has 0 saturated carbocycles. The number of hydrogen-bond donors (Lipinski definition) is 1. The van der Waals surface area contributed by atoms with E-state index < -0.39 is 0 Å². The molecule has 1 N–H and O–H groups in total. The quantitative estimate of drug-likeness (QED) is 0.775. The van der Waals surface area contributed by atoms with E-state index in [2.05, 4.69) is 24.1 Å². The topological polar surface area (TPSA) is 47.3 Å². The molecule has 1 rings (SSSR count).